The Balaban J connectivity index is 2.01. The predicted molar refractivity (Wildman–Crippen MR) is 83.4 cm³/mol. The second-order valence-electron chi connectivity index (χ2n) is 5.30. The minimum atomic E-state index is 0.213. The number of hydrogen-bond donors (Lipinski definition) is 0. The fourth-order valence-corrected chi connectivity index (χ4v) is 5.60. The van der Waals surface area contributed by atoms with Gasteiger partial charge >= 0.3 is 0 Å². The topological polar surface area (TPSA) is 20.3 Å². The molecule has 0 bridgehead atoms. The Morgan fingerprint density at radius 2 is 2.00 bits per heavy atom. The lowest BCUT2D eigenvalue weighted by atomic mass is 9.91. The molecule has 100 valence electrons. The number of halogens is 2. The molecule has 1 aromatic rings. The maximum Gasteiger partial charge on any atom is 0.178 e. The lowest BCUT2D eigenvalue weighted by molar-refractivity contribution is 0.0849. The van der Waals surface area contributed by atoms with Crippen molar-refractivity contribution < 1.29 is 4.79 Å². The third-order valence-electron chi connectivity index (χ3n) is 3.27. The van der Waals surface area contributed by atoms with Gasteiger partial charge in [0.2, 0.25) is 0 Å². The smallest absolute Gasteiger partial charge is 0.178 e. The summed E-state index contributed by atoms with van der Waals surface area (Å²) in [4.78, 5) is 14.6. The predicted octanol–water partition coefficient (Wildman–Crippen LogP) is 4.43. The highest BCUT2D eigenvalue weighted by Crippen LogP contribution is 2.32. The summed E-state index contributed by atoms with van der Waals surface area (Å²) in [5, 5.41) is 0. The second-order valence-corrected chi connectivity index (χ2v) is 9.05. The first-order chi connectivity index (χ1) is 8.45. The van der Waals surface area contributed by atoms with E-state index in [4.69, 9.17) is 0 Å². The van der Waals surface area contributed by atoms with E-state index >= 15 is 0 Å². The minimum Gasteiger partial charge on any atom is -0.295 e. The average Bonchev–Trinajstić information content (AvgIpc) is 2.56. The van der Waals surface area contributed by atoms with Crippen molar-refractivity contribution in [3.05, 3.63) is 19.2 Å². The minimum absolute atomic E-state index is 0.213. The van der Waals surface area contributed by atoms with Crippen LogP contribution in [0.2, 0.25) is 0 Å². The number of Topliss-reactive ketones (excluding diaryl/α,β-unsaturated/α-hetero) is 1. The molecular formula is C13H17Br2NOS. The first-order valence-corrected chi connectivity index (χ1v) is 8.56. The van der Waals surface area contributed by atoms with Gasteiger partial charge < -0.3 is 0 Å². The lowest BCUT2D eigenvalue weighted by Crippen LogP contribution is -2.41. The molecule has 2 rings (SSSR count). The second kappa shape index (κ2) is 6.16. The number of ketones is 1. The largest absolute Gasteiger partial charge is 0.295 e. The van der Waals surface area contributed by atoms with Crippen molar-refractivity contribution in [2.45, 2.75) is 20.3 Å². The number of rotatable bonds is 3. The van der Waals surface area contributed by atoms with Crippen LogP contribution in [0.5, 0.6) is 0 Å². The highest BCUT2D eigenvalue weighted by molar-refractivity contribution is 9.12. The Hall–Kier alpha value is 0.290. The monoisotopic (exact) mass is 393 g/mol. The standard InChI is InChI=1S/C13H17Br2NOS/c1-8-3-9(2)6-16(5-8)7-11(17)10-4-12(14)18-13(10)15/h4,8-9H,3,5-7H2,1-2H3. The first-order valence-electron chi connectivity index (χ1n) is 6.16. The molecule has 1 aliphatic heterocycles. The van der Waals surface area contributed by atoms with E-state index in [0.717, 1.165) is 26.2 Å². The van der Waals surface area contributed by atoms with Crippen LogP contribution in [-0.4, -0.2) is 30.3 Å². The van der Waals surface area contributed by atoms with E-state index in [9.17, 15) is 4.79 Å². The van der Waals surface area contributed by atoms with Crippen molar-refractivity contribution >= 4 is 49.0 Å². The van der Waals surface area contributed by atoms with E-state index < -0.39 is 0 Å². The first kappa shape index (κ1) is 14.7. The summed E-state index contributed by atoms with van der Waals surface area (Å²) >= 11 is 8.43. The van der Waals surface area contributed by atoms with Gasteiger partial charge in [-0.2, -0.15) is 0 Å². The summed E-state index contributed by atoms with van der Waals surface area (Å²) in [6, 6.07) is 1.91. The number of thiophene rings is 1. The van der Waals surface area contributed by atoms with Gasteiger partial charge in [-0.3, -0.25) is 9.69 Å². The SMILES string of the molecule is CC1CC(C)CN(CC(=O)c2cc(Br)sc2Br)C1. The van der Waals surface area contributed by atoms with Crippen LogP contribution < -0.4 is 0 Å². The van der Waals surface area contributed by atoms with E-state index in [-0.39, 0.29) is 5.78 Å². The molecule has 18 heavy (non-hydrogen) atoms. The summed E-state index contributed by atoms with van der Waals surface area (Å²) in [6.45, 7) is 7.16. The van der Waals surface area contributed by atoms with Crippen molar-refractivity contribution in [1.29, 1.82) is 0 Å². The number of piperidine rings is 1. The van der Waals surface area contributed by atoms with Gasteiger partial charge in [-0.25, -0.2) is 0 Å². The molecule has 2 unspecified atom stereocenters. The molecule has 2 atom stereocenters. The van der Waals surface area contributed by atoms with Crippen molar-refractivity contribution in [2.24, 2.45) is 11.8 Å². The van der Waals surface area contributed by atoms with Gasteiger partial charge in [0.05, 0.1) is 14.1 Å². The molecule has 1 fully saturated rings. The van der Waals surface area contributed by atoms with Crippen LogP contribution in [0.3, 0.4) is 0 Å². The van der Waals surface area contributed by atoms with Crippen LogP contribution in [0.25, 0.3) is 0 Å². The van der Waals surface area contributed by atoms with Gasteiger partial charge in [-0.1, -0.05) is 13.8 Å². The van der Waals surface area contributed by atoms with Gasteiger partial charge in [0.25, 0.3) is 0 Å². The van der Waals surface area contributed by atoms with Crippen molar-refractivity contribution in [3.8, 4) is 0 Å². The normalized spacial score (nSPS) is 25.3. The number of likely N-dealkylation sites (tertiary alicyclic amines) is 1. The molecule has 0 saturated carbocycles. The van der Waals surface area contributed by atoms with Crippen LogP contribution in [-0.2, 0) is 0 Å². The van der Waals surface area contributed by atoms with Crippen LogP contribution in [0.15, 0.2) is 13.6 Å². The number of carbonyl (C=O) groups excluding carboxylic acids is 1. The van der Waals surface area contributed by atoms with Gasteiger partial charge in [0.1, 0.15) is 0 Å². The van der Waals surface area contributed by atoms with Crippen LogP contribution in [0.1, 0.15) is 30.6 Å². The molecule has 0 aliphatic carbocycles. The fraction of sp³-hybridized carbons (Fsp3) is 0.615. The molecule has 5 heteroatoms. The van der Waals surface area contributed by atoms with Crippen LogP contribution >= 0.6 is 43.2 Å². The Labute approximate surface area is 129 Å². The van der Waals surface area contributed by atoms with E-state index in [1.807, 2.05) is 6.07 Å². The third kappa shape index (κ3) is 3.65. The Kier molecular flexibility index (Phi) is 5.03. The van der Waals surface area contributed by atoms with Gasteiger partial charge in [-0.05, 0) is 56.2 Å². The molecule has 0 spiro atoms. The molecule has 1 aliphatic rings. The van der Waals surface area contributed by atoms with E-state index in [0.29, 0.717) is 18.4 Å². The lowest BCUT2D eigenvalue weighted by Gasteiger charge is -2.34. The highest BCUT2D eigenvalue weighted by atomic mass is 79.9. The summed E-state index contributed by atoms with van der Waals surface area (Å²) < 4.78 is 1.93. The zero-order valence-corrected chi connectivity index (χ0v) is 14.6. The van der Waals surface area contributed by atoms with Crippen molar-refractivity contribution in [2.75, 3.05) is 19.6 Å². The molecule has 0 aromatic carbocycles. The summed E-state index contributed by atoms with van der Waals surface area (Å²) in [5.74, 6) is 1.60. The number of carbonyl (C=O) groups is 1. The summed E-state index contributed by atoms with van der Waals surface area (Å²) in [7, 11) is 0. The van der Waals surface area contributed by atoms with Crippen molar-refractivity contribution in [1.82, 2.24) is 4.90 Å². The molecule has 0 radical (unpaired) electrons. The molecule has 0 N–H and O–H groups in total. The molecule has 2 heterocycles. The fourth-order valence-electron chi connectivity index (χ4n) is 2.74. The van der Waals surface area contributed by atoms with Crippen LogP contribution in [0.4, 0.5) is 0 Å². The van der Waals surface area contributed by atoms with E-state index in [1.165, 1.54) is 6.42 Å². The Morgan fingerprint density at radius 3 is 2.50 bits per heavy atom. The van der Waals surface area contributed by atoms with Gasteiger partial charge in [0, 0.05) is 18.7 Å². The molecule has 0 amide bonds. The summed E-state index contributed by atoms with van der Waals surface area (Å²) in [6.07, 6.45) is 1.28. The zero-order chi connectivity index (χ0) is 13.3. The van der Waals surface area contributed by atoms with Crippen molar-refractivity contribution in [3.63, 3.8) is 0 Å². The number of nitrogens with zero attached hydrogens (tertiary/aromatic N) is 1. The third-order valence-corrected chi connectivity index (χ3v) is 5.61. The van der Waals surface area contributed by atoms with E-state index in [1.54, 1.807) is 11.3 Å². The molecule has 1 saturated heterocycles. The highest BCUT2D eigenvalue weighted by Gasteiger charge is 2.24. The maximum atomic E-state index is 12.3. The average molecular weight is 395 g/mol. The zero-order valence-electron chi connectivity index (χ0n) is 10.6. The molecule has 2 nitrogen and oxygen atoms in total. The van der Waals surface area contributed by atoms with Crippen LogP contribution in [0, 0.1) is 11.8 Å². The maximum absolute atomic E-state index is 12.3. The molecular weight excluding hydrogens is 378 g/mol. The summed E-state index contributed by atoms with van der Waals surface area (Å²) in [5.41, 5.74) is 0.803. The van der Waals surface area contributed by atoms with Gasteiger partial charge in [-0.15, -0.1) is 11.3 Å². The quantitative estimate of drug-likeness (QED) is 0.706. The number of hydrogen-bond acceptors (Lipinski definition) is 3. The molecule has 1 aromatic heterocycles. The van der Waals surface area contributed by atoms with E-state index in [2.05, 4.69) is 50.6 Å². The van der Waals surface area contributed by atoms with Gasteiger partial charge in [0.15, 0.2) is 5.78 Å². The Bertz CT molecular complexity index is 436. The Morgan fingerprint density at radius 1 is 1.39 bits per heavy atom.